The van der Waals surface area contributed by atoms with Gasteiger partial charge in [0.1, 0.15) is 5.82 Å². The smallest absolute Gasteiger partial charge is 0.131 e. The van der Waals surface area contributed by atoms with Crippen LogP contribution in [0.5, 0.6) is 0 Å². The van der Waals surface area contributed by atoms with Gasteiger partial charge in [-0.15, -0.1) is 0 Å². The first kappa shape index (κ1) is 19.1. The largest absolute Gasteiger partial charge is 0.206 e. The molecule has 0 atom stereocenters. The summed E-state index contributed by atoms with van der Waals surface area (Å²) < 4.78 is 14.8. The highest BCUT2D eigenvalue weighted by molar-refractivity contribution is 7.80. The highest BCUT2D eigenvalue weighted by Gasteiger charge is 2.22. The van der Waals surface area contributed by atoms with Crippen molar-refractivity contribution in [2.45, 2.75) is 74.3 Å². The van der Waals surface area contributed by atoms with E-state index >= 15 is 0 Å². The average Bonchev–Trinajstić information content (AvgIpc) is 2.69. The molecule has 2 fully saturated rings. The first-order valence-electron chi connectivity index (χ1n) is 10.4. The van der Waals surface area contributed by atoms with E-state index in [0.717, 1.165) is 36.8 Å². The molecular weight excluding hydrogens is 350 g/mol. The van der Waals surface area contributed by atoms with E-state index in [9.17, 15) is 4.39 Å². The minimum Gasteiger partial charge on any atom is -0.206 e. The number of hydrogen-bond acceptors (Lipinski definition) is 1. The van der Waals surface area contributed by atoms with Crippen molar-refractivity contribution in [1.29, 1.82) is 0 Å². The van der Waals surface area contributed by atoms with Crippen LogP contribution < -0.4 is 0 Å². The molecule has 0 unspecified atom stereocenters. The van der Waals surface area contributed by atoms with E-state index in [-0.39, 0.29) is 5.82 Å². The van der Waals surface area contributed by atoms with Gasteiger partial charge >= 0.3 is 0 Å². The maximum atomic E-state index is 14.8. The number of thiol groups is 1. The van der Waals surface area contributed by atoms with Gasteiger partial charge in [0.05, 0.1) is 7.85 Å². The lowest BCUT2D eigenvalue weighted by atomic mass is 9.70. The van der Waals surface area contributed by atoms with Gasteiger partial charge < -0.3 is 0 Å². The molecule has 2 aromatic rings. The molecule has 0 amide bonds. The SMILES string of the molecule is [B]C1CCC(c2ccc(-c3ccc(C4CCC(S)CC4)cc3)c(F)c2)CC1. The molecule has 0 N–H and O–H groups in total. The zero-order chi connectivity index (χ0) is 18.8. The summed E-state index contributed by atoms with van der Waals surface area (Å²) in [7, 11) is 6.00. The number of halogens is 1. The lowest BCUT2D eigenvalue weighted by molar-refractivity contribution is 0.442. The van der Waals surface area contributed by atoms with E-state index in [2.05, 4.69) is 43.0 Å². The predicted molar refractivity (Wildman–Crippen MR) is 117 cm³/mol. The Morgan fingerprint density at radius 2 is 1.30 bits per heavy atom. The molecule has 0 aliphatic heterocycles. The Morgan fingerprint density at radius 3 is 1.93 bits per heavy atom. The van der Waals surface area contributed by atoms with Crippen molar-refractivity contribution in [2.75, 3.05) is 0 Å². The number of benzene rings is 2. The molecule has 3 heteroatoms. The van der Waals surface area contributed by atoms with E-state index in [1.807, 2.05) is 6.07 Å². The molecular formula is C24H28BFS. The molecule has 2 radical (unpaired) electrons. The fourth-order valence-electron chi connectivity index (χ4n) is 4.82. The Balaban J connectivity index is 1.48. The van der Waals surface area contributed by atoms with Crippen LogP contribution in [0.2, 0.25) is 5.82 Å². The highest BCUT2D eigenvalue weighted by atomic mass is 32.1. The van der Waals surface area contributed by atoms with Gasteiger partial charge in [0.15, 0.2) is 0 Å². The van der Waals surface area contributed by atoms with E-state index in [1.165, 1.54) is 31.2 Å². The molecule has 27 heavy (non-hydrogen) atoms. The van der Waals surface area contributed by atoms with Crippen LogP contribution in [-0.2, 0) is 0 Å². The van der Waals surface area contributed by atoms with E-state index < -0.39 is 0 Å². The fourth-order valence-corrected chi connectivity index (χ4v) is 5.11. The molecule has 2 aliphatic rings. The Morgan fingerprint density at radius 1 is 0.741 bits per heavy atom. The topological polar surface area (TPSA) is 0 Å². The van der Waals surface area contributed by atoms with Crippen molar-refractivity contribution in [3.8, 4) is 11.1 Å². The van der Waals surface area contributed by atoms with Gasteiger partial charge in [-0.1, -0.05) is 55.1 Å². The molecule has 0 heterocycles. The molecule has 0 saturated heterocycles. The Labute approximate surface area is 169 Å². The highest BCUT2D eigenvalue weighted by Crippen LogP contribution is 2.39. The van der Waals surface area contributed by atoms with Crippen molar-refractivity contribution < 1.29 is 4.39 Å². The molecule has 0 spiro atoms. The third-order valence-electron chi connectivity index (χ3n) is 6.63. The Hall–Kier alpha value is -1.22. The maximum Gasteiger partial charge on any atom is 0.131 e. The van der Waals surface area contributed by atoms with Crippen LogP contribution in [0.4, 0.5) is 4.39 Å². The minimum atomic E-state index is -0.106. The lowest BCUT2D eigenvalue weighted by Gasteiger charge is -2.27. The summed E-state index contributed by atoms with van der Waals surface area (Å²) in [6.07, 6.45) is 9.04. The monoisotopic (exact) mass is 378 g/mol. The quantitative estimate of drug-likeness (QED) is 0.429. The van der Waals surface area contributed by atoms with E-state index in [0.29, 0.717) is 28.5 Å². The second-order valence-electron chi connectivity index (χ2n) is 8.48. The van der Waals surface area contributed by atoms with E-state index in [4.69, 9.17) is 7.85 Å². The average molecular weight is 378 g/mol. The molecule has 2 saturated carbocycles. The summed E-state index contributed by atoms with van der Waals surface area (Å²) in [5, 5.41) is 0.563. The van der Waals surface area contributed by atoms with Crippen molar-refractivity contribution in [2.24, 2.45) is 0 Å². The lowest BCUT2D eigenvalue weighted by Crippen LogP contribution is -2.12. The second kappa shape index (κ2) is 8.43. The van der Waals surface area contributed by atoms with Crippen molar-refractivity contribution in [3.63, 3.8) is 0 Å². The van der Waals surface area contributed by atoms with Gasteiger partial charge in [-0.3, -0.25) is 0 Å². The molecule has 0 bridgehead atoms. The summed E-state index contributed by atoms with van der Waals surface area (Å²) >= 11 is 4.59. The third kappa shape index (κ3) is 4.45. The van der Waals surface area contributed by atoms with Crippen molar-refractivity contribution in [3.05, 3.63) is 59.4 Å². The van der Waals surface area contributed by atoms with Gasteiger partial charge in [0.2, 0.25) is 0 Å². The summed E-state index contributed by atoms with van der Waals surface area (Å²) in [6.45, 7) is 0. The minimum absolute atomic E-state index is 0.106. The van der Waals surface area contributed by atoms with Crippen molar-refractivity contribution in [1.82, 2.24) is 0 Å². The van der Waals surface area contributed by atoms with Crippen LogP contribution in [0.15, 0.2) is 42.5 Å². The maximum absolute atomic E-state index is 14.8. The van der Waals surface area contributed by atoms with Gasteiger partial charge in [0.25, 0.3) is 0 Å². The first-order valence-corrected chi connectivity index (χ1v) is 10.9. The zero-order valence-corrected chi connectivity index (χ0v) is 16.8. The van der Waals surface area contributed by atoms with Crippen LogP contribution in [0.1, 0.15) is 74.3 Å². The van der Waals surface area contributed by atoms with Gasteiger partial charge in [0, 0.05) is 10.8 Å². The summed E-state index contributed by atoms with van der Waals surface area (Å²) in [5.41, 5.74) is 4.19. The third-order valence-corrected chi connectivity index (χ3v) is 7.14. The van der Waals surface area contributed by atoms with Crippen LogP contribution in [0, 0.1) is 5.82 Å². The predicted octanol–water partition coefficient (Wildman–Crippen LogP) is 7.06. The summed E-state index contributed by atoms with van der Waals surface area (Å²) in [5.74, 6) is 1.31. The second-order valence-corrected chi connectivity index (χ2v) is 9.21. The standard InChI is InChI=1S/C24H28BFS/c25-21-10-5-18(6-11-21)20-9-14-23(24(26)15-20)19-3-1-16(2-4-19)17-7-12-22(27)13-8-17/h1-4,9,14-15,17-18,21-22,27H,5-8,10-13H2. The number of rotatable bonds is 3. The molecule has 2 aliphatic carbocycles. The Kier molecular flexibility index (Phi) is 5.97. The van der Waals surface area contributed by atoms with Crippen LogP contribution in [-0.4, -0.2) is 13.1 Å². The van der Waals surface area contributed by atoms with Gasteiger partial charge in [-0.25, -0.2) is 4.39 Å². The Bertz CT molecular complexity index is 756. The van der Waals surface area contributed by atoms with E-state index in [1.54, 1.807) is 6.07 Å². The number of hydrogen-bond donors (Lipinski definition) is 1. The summed E-state index contributed by atoms with van der Waals surface area (Å²) in [4.78, 5) is 0. The first-order chi connectivity index (χ1) is 13.1. The molecule has 0 nitrogen and oxygen atoms in total. The molecule has 2 aromatic carbocycles. The van der Waals surface area contributed by atoms with Crippen LogP contribution in [0.3, 0.4) is 0 Å². The van der Waals surface area contributed by atoms with Crippen LogP contribution in [0.25, 0.3) is 11.1 Å². The molecule has 0 aromatic heterocycles. The molecule has 140 valence electrons. The summed E-state index contributed by atoms with van der Waals surface area (Å²) in [6, 6.07) is 14.4. The fraction of sp³-hybridized carbons (Fsp3) is 0.500. The molecule has 4 rings (SSSR count). The zero-order valence-electron chi connectivity index (χ0n) is 15.9. The van der Waals surface area contributed by atoms with Gasteiger partial charge in [-0.05, 0) is 73.1 Å². The van der Waals surface area contributed by atoms with Crippen molar-refractivity contribution >= 4 is 20.5 Å². The van der Waals surface area contributed by atoms with Crippen LogP contribution >= 0.6 is 12.6 Å². The van der Waals surface area contributed by atoms with Gasteiger partial charge in [-0.2, -0.15) is 12.6 Å². The normalized spacial score (nSPS) is 28.8.